The second-order valence-corrected chi connectivity index (χ2v) is 7.06. The van der Waals surface area contributed by atoms with Crippen molar-refractivity contribution >= 4 is 11.6 Å². The standard InChI is InChI=1S/C27H37NO/c1-4-5-6-7-8-9-10-11-12-13-14-15-16-17-18-19-23-26(29)28-27-24(2)21-20-22-25(27)3/h5-6,8-9,11-12,14-15,17-18,20-22H,4,7,10,13,16,19,23H2,1-3H3,(H,28,29)/b6-5-,9-8-,12-11-,15-14-,18-17-. The van der Waals surface area contributed by atoms with Gasteiger partial charge in [0, 0.05) is 12.1 Å². The lowest BCUT2D eigenvalue weighted by Crippen LogP contribution is -2.12. The third kappa shape index (κ3) is 12.5. The predicted octanol–water partition coefficient (Wildman–Crippen LogP) is 7.77. The van der Waals surface area contributed by atoms with Crippen molar-refractivity contribution in [2.24, 2.45) is 0 Å². The zero-order chi connectivity index (χ0) is 21.2. The van der Waals surface area contributed by atoms with E-state index in [9.17, 15) is 4.79 Å². The molecule has 1 aromatic carbocycles. The van der Waals surface area contributed by atoms with Crippen molar-refractivity contribution < 1.29 is 4.79 Å². The number of allylic oxidation sites excluding steroid dienone is 10. The van der Waals surface area contributed by atoms with Gasteiger partial charge in [-0.1, -0.05) is 85.9 Å². The Kier molecular flexibility index (Phi) is 13.8. The third-order valence-corrected chi connectivity index (χ3v) is 4.44. The highest BCUT2D eigenvalue weighted by atomic mass is 16.1. The number of para-hydroxylation sites is 1. The highest BCUT2D eigenvalue weighted by Gasteiger charge is 2.05. The van der Waals surface area contributed by atoms with Gasteiger partial charge in [0.15, 0.2) is 0 Å². The third-order valence-electron chi connectivity index (χ3n) is 4.44. The smallest absolute Gasteiger partial charge is 0.224 e. The number of hydrogen-bond donors (Lipinski definition) is 1. The van der Waals surface area contributed by atoms with Crippen LogP contribution in [0.3, 0.4) is 0 Å². The minimum atomic E-state index is 0.0724. The quantitative estimate of drug-likeness (QED) is 0.342. The van der Waals surface area contributed by atoms with Gasteiger partial charge in [0.05, 0.1) is 0 Å². The fraction of sp³-hybridized carbons (Fsp3) is 0.370. The molecule has 1 rings (SSSR count). The Bertz CT molecular complexity index is 715. The fourth-order valence-corrected chi connectivity index (χ4v) is 2.80. The molecule has 0 heterocycles. The molecule has 0 aromatic heterocycles. The number of carbonyl (C=O) groups is 1. The van der Waals surface area contributed by atoms with Crippen LogP contribution in [0.1, 0.15) is 63.0 Å². The minimum absolute atomic E-state index is 0.0724. The number of nitrogens with one attached hydrogen (secondary N) is 1. The molecule has 0 aliphatic heterocycles. The van der Waals surface area contributed by atoms with Crippen molar-refractivity contribution in [3.8, 4) is 0 Å². The van der Waals surface area contributed by atoms with Crippen LogP contribution in [0.4, 0.5) is 5.69 Å². The number of amides is 1. The Labute approximate surface area is 177 Å². The molecule has 156 valence electrons. The summed E-state index contributed by atoms with van der Waals surface area (Å²) in [4.78, 5) is 12.1. The summed E-state index contributed by atoms with van der Waals surface area (Å²) < 4.78 is 0. The first kappa shape index (κ1) is 24.4. The van der Waals surface area contributed by atoms with Crippen LogP contribution in [0, 0.1) is 13.8 Å². The molecule has 1 aromatic rings. The van der Waals surface area contributed by atoms with Crippen LogP contribution >= 0.6 is 0 Å². The van der Waals surface area contributed by atoms with Gasteiger partial charge in [0.25, 0.3) is 0 Å². The summed E-state index contributed by atoms with van der Waals surface area (Å²) in [6.07, 6.45) is 28.1. The molecule has 29 heavy (non-hydrogen) atoms. The molecule has 0 radical (unpaired) electrons. The molecule has 0 aliphatic rings. The molecular weight excluding hydrogens is 354 g/mol. The van der Waals surface area contributed by atoms with Gasteiger partial charge < -0.3 is 5.32 Å². The Morgan fingerprint density at radius 2 is 1.21 bits per heavy atom. The van der Waals surface area contributed by atoms with Gasteiger partial charge >= 0.3 is 0 Å². The molecule has 1 N–H and O–H groups in total. The van der Waals surface area contributed by atoms with Gasteiger partial charge in [0.1, 0.15) is 0 Å². The highest BCUT2D eigenvalue weighted by Crippen LogP contribution is 2.19. The van der Waals surface area contributed by atoms with Crippen molar-refractivity contribution in [2.75, 3.05) is 5.32 Å². The molecule has 0 bridgehead atoms. The van der Waals surface area contributed by atoms with Crippen LogP contribution in [0.2, 0.25) is 0 Å². The number of hydrogen-bond acceptors (Lipinski definition) is 1. The summed E-state index contributed by atoms with van der Waals surface area (Å²) >= 11 is 0. The molecule has 1 amide bonds. The highest BCUT2D eigenvalue weighted by molar-refractivity contribution is 5.92. The van der Waals surface area contributed by atoms with Gasteiger partial charge in [0.2, 0.25) is 5.91 Å². The largest absolute Gasteiger partial charge is 0.326 e. The Balaban J connectivity index is 2.10. The van der Waals surface area contributed by atoms with E-state index in [0.717, 1.165) is 55.3 Å². The SMILES string of the molecule is CC/C=C\C/C=C\C/C=C\C/C=C\C/C=C\CCC(=O)Nc1c(C)cccc1C. The molecular formula is C27H37NO. The van der Waals surface area contributed by atoms with Crippen LogP contribution in [-0.4, -0.2) is 5.91 Å². The summed E-state index contributed by atoms with van der Waals surface area (Å²) in [5.74, 6) is 0.0724. The van der Waals surface area contributed by atoms with E-state index < -0.39 is 0 Å². The van der Waals surface area contributed by atoms with E-state index in [-0.39, 0.29) is 5.91 Å². The second-order valence-electron chi connectivity index (χ2n) is 7.06. The predicted molar refractivity (Wildman–Crippen MR) is 128 cm³/mol. The van der Waals surface area contributed by atoms with Gasteiger partial charge in [-0.25, -0.2) is 0 Å². The molecule has 0 saturated heterocycles. The lowest BCUT2D eigenvalue weighted by Gasteiger charge is -2.10. The number of benzene rings is 1. The topological polar surface area (TPSA) is 29.1 Å². The lowest BCUT2D eigenvalue weighted by molar-refractivity contribution is -0.116. The van der Waals surface area contributed by atoms with Crippen LogP contribution in [0.25, 0.3) is 0 Å². The Morgan fingerprint density at radius 3 is 1.69 bits per heavy atom. The first-order valence-electron chi connectivity index (χ1n) is 10.8. The maximum atomic E-state index is 12.1. The summed E-state index contributed by atoms with van der Waals surface area (Å²) in [5, 5.41) is 3.03. The van der Waals surface area contributed by atoms with E-state index in [2.05, 4.69) is 73.0 Å². The van der Waals surface area contributed by atoms with Crippen LogP contribution in [0.5, 0.6) is 0 Å². The molecule has 0 atom stereocenters. The van der Waals surface area contributed by atoms with E-state index >= 15 is 0 Å². The van der Waals surface area contributed by atoms with Crippen molar-refractivity contribution in [3.63, 3.8) is 0 Å². The Hall–Kier alpha value is -2.61. The van der Waals surface area contributed by atoms with E-state index in [1.807, 2.05) is 32.0 Å². The van der Waals surface area contributed by atoms with Crippen molar-refractivity contribution in [2.45, 2.75) is 65.7 Å². The summed E-state index contributed by atoms with van der Waals surface area (Å²) in [5.41, 5.74) is 3.16. The monoisotopic (exact) mass is 391 g/mol. The molecule has 0 fully saturated rings. The minimum Gasteiger partial charge on any atom is -0.326 e. The summed E-state index contributed by atoms with van der Waals surface area (Å²) in [6.45, 7) is 6.19. The molecule has 0 aliphatic carbocycles. The van der Waals surface area contributed by atoms with Gasteiger partial charge in [-0.3, -0.25) is 4.79 Å². The van der Waals surface area contributed by atoms with Crippen molar-refractivity contribution in [1.29, 1.82) is 0 Å². The summed E-state index contributed by atoms with van der Waals surface area (Å²) in [6, 6.07) is 6.05. The van der Waals surface area contributed by atoms with E-state index in [0.29, 0.717) is 6.42 Å². The van der Waals surface area contributed by atoms with Crippen LogP contribution in [0.15, 0.2) is 79.0 Å². The maximum absolute atomic E-state index is 12.1. The molecule has 0 unspecified atom stereocenters. The van der Waals surface area contributed by atoms with Crippen molar-refractivity contribution in [1.82, 2.24) is 0 Å². The Morgan fingerprint density at radius 1 is 0.759 bits per heavy atom. The molecule has 2 heteroatoms. The van der Waals surface area contributed by atoms with E-state index in [1.54, 1.807) is 0 Å². The van der Waals surface area contributed by atoms with E-state index in [4.69, 9.17) is 0 Å². The van der Waals surface area contributed by atoms with E-state index in [1.165, 1.54) is 0 Å². The van der Waals surface area contributed by atoms with Crippen LogP contribution < -0.4 is 5.32 Å². The normalized spacial score (nSPS) is 12.4. The molecule has 2 nitrogen and oxygen atoms in total. The lowest BCUT2D eigenvalue weighted by atomic mass is 10.1. The molecule has 0 saturated carbocycles. The average molecular weight is 392 g/mol. The maximum Gasteiger partial charge on any atom is 0.224 e. The fourth-order valence-electron chi connectivity index (χ4n) is 2.80. The average Bonchev–Trinajstić information content (AvgIpc) is 2.70. The number of rotatable bonds is 13. The first-order chi connectivity index (χ1) is 14.1. The van der Waals surface area contributed by atoms with Crippen LogP contribution in [-0.2, 0) is 4.79 Å². The zero-order valence-corrected chi connectivity index (χ0v) is 18.4. The molecule has 0 spiro atoms. The number of aryl methyl sites for hydroxylation is 2. The number of anilines is 1. The van der Waals surface area contributed by atoms with Gasteiger partial charge in [-0.05, 0) is 63.5 Å². The zero-order valence-electron chi connectivity index (χ0n) is 18.4. The van der Waals surface area contributed by atoms with Gasteiger partial charge in [-0.15, -0.1) is 0 Å². The number of carbonyl (C=O) groups excluding carboxylic acids is 1. The van der Waals surface area contributed by atoms with Crippen molar-refractivity contribution in [3.05, 3.63) is 90.1 Å². The van der Waals surface area contributed by atoms with Gasteiger partial charge in [-0.2, -0.15) is 0 Å². The second kappa shape index (κ2) is 16.4. The summed E-state index contributed by atoms with van der Waals surface area (Å²) in [7, 11) is 0. The first-order valence-corrected chi connectivity index (χ1v) is 10.8.